The number of allylic oxidation sites excluding steroid dienone is 1. The van der Waals surface area contributed by atoms with Gasteiger partial charge in [0.15, 0.2) is 5.65 Å². The number of anilines is 4. The number of amides is 1. The maximum atomic E-state index is 12.4. The molecule has 4 fully saturated rings. The number of fused-ring (bicyclic) bond motifs is 4. The number of halogens is 2. The fraction of sp³-hybridized carbons (Fsp3) is 0.330. The highest BCUT2D eigenvalue weighted by molar-refractivity contribution is 9.10. The van der Waals surface area contributed by atoms with Crippen molar-refractivity contribution in [1.29, 1.82) is 0 Å². The van der Waals surface area contributed by atoms with Crippen molar-refractivity contribution in [3.63, 3.8) is 0 Å². The first kappa shape index (κ1) is 78.8. The minimum absolute atomic E-state index is 0.0944. The van der Waals surface area contributed by atoms with Gasteiger partial charge in [0.2, 0.25) is 11.9 Å². The molecule has 0 unspecified atom stereocenters. The van der Waals surface area contributed by atoms with E-state index in [0.29, 0.717) is 54.8 Å². The third-order valence-corrected chi connectivity index (χ3v) is 23.0. The quantitative estimate of drug-likeness (QED) is 0.0550. The molecule has 3 saturated heterocycles. The zero-order valence-corrected chi connectivity index (χ0v) is 66.9. The van der Waals surface area contributed by atoms with Crippen LogP contribution in [0, 0.1) is 6.92 Å². The number of piperidine rings is 1. The number of carbonyl (C=O) groups excluding carboxylic acids is 1. The Labute approximate surface area is 673 Å². The Morgan fingerprint density at radius 3 is 2.24 bits per heavy atom. The van der Waals surface area contributed by atoms with Gasteiger partial charge in [-0.2, -0.15) is 15.1 Å². The van der Waals surface area contributed by atoms with Crippen LogP contribution in [0.25, 0.3) is 55.1 Å². The number of aliphatic hydroxyl groups excluding tert-OH is 1. The number of carbonyl (C=O) groups is 2. The number of aryl methyl sites for hydroxylation is 2. The van der Waals surface area contributed by atoms with Crippen LogP contribution in [0.4, 0.5) is 23.3 Å². The van der Waals surface area contributed by atoms with Gasteiger partial charge in [-0.3, -0.25) is 19.9 Å². The largest absolute Gasteiger partial charge is 0.496 e. The molecule has 113 heavy (non-hydrogen) atoms. The number of benzene rings is 6. The maximum Gasteiger partial charge on any atom is 0.335 e. The molecule has 17 rings (SSSR count). The minimum Gasteiger partial charge on any atom is -0.496 e. The molecular weight excluding hydrogens is 1500 g/mol. The van der Waals surface area contributed by atoms with Gasteiger partial charge in [0.25, 0.3) is 0 Å². The monoisotopic (exact) mass is 1590 g/mol. The maximum absolute atomic E-state index is 12.4. The number of ether oxygens (including phenoxy) is 2. The standard InChI is InChI=1S/C26H33N5O3.C24H27BrN4O.C21H21ClN2.C20H15N3O2/c1-17-6-4-5-11-31(17)26-28-24-21(25(29-26)30-12-13-34-16-18(30)2)8-9-22(27-24)19-7-10-23(33-3)20(14-19)15-32;25-21-17-27-23(28-22(21)8-4-5-18-9-10-26-16-18)14-19-6-3-7-20(13-19)15-24(30)29-11-1-2-12-29;22-20-10-8-19(9-11-20)21(12-2-1-3-13-21)18-6-4-16(5-7-18)17-14-23-24-15-17;1-12-3-2-4-14(9-12)22-19-16-7-8-21-11-17(16)15-6-5-13(20(24)25)10-18(15)23-19/h7-10,14,17-18,32H,4-6,11-13,15-16H2,1-3H3;3,6-7,10,13,16-17H,1-2,4-5,8-9,11-12,14-15H2;4-11,14-15H,1-3,12-13H2,(H,23,24);2-11H,1H3,(H,22,23)(H,24,25)/t17-,18-;;;/m0.../s1. The Morgan fingerprint density at radius 2 is 1.50 bits per heavy atom. The number of hydrogen-bond donors (Lipinski definition) is 4. The molecule has 1 aliphatic carbocycles. The number of aromatic carboxylic acids is 1. The topological polar surface area (TPSA) is 246 Å². The van der Waals surface area contributed by atoms with Gasteiger partial charge < -0.3 is 39.7 Å². The summed E-state index contributed by atoms with van der Waals surface area (Å²) in [5.74, 6) is 3.11. The number of hydrogen-bond acceptors (Lipinski definition) is 17. The summed E-state index contributed by atoms with van der Waals surface area (Å²) >= 11 is 9.71. The van der Waals surface area contributed by atoms with Crippen LogP contribution in [0.2, 0.25) is 5.02 Å². The molecule has 0 radical (unpaired) electrons. The second-order valence-corrected chi connectivity index (χ2v) is 31.2. The van der Waals surface area contributed by atoms with Crippen molar-refractivity contribution in [1.82, 2.24) is 50.0 Å². The molecule has 1 saturated carbocycles. The van der Waals surface area contributed by atoms with Crippen LogP contribution in [0.1, 0.15) is 153 Å². The number of pyridine rings is 3. The van der Waals surface area contributed by atoms with Gasteiger partial charge in [-0.25, -0.2) is 24.7 Å². The van der Waals surface area contributed by atoms with E-state index in [1.807, 2.05) is 122 Å². The molecule has 580 valence electrons. The Bertz CT molecular complexity index is 5360. The average molecular weight is 1600 g/mol. The number of aromatic amines is 1. The second-order valence-electron chi connectivity index (χ2n) is 29.9. The number of carboxylic acid groups (broad SMARTS) is 1. The highest BCUT2D eigenvalue weighted by Crippen LogP contribution is 2.46. The van der Waals surface area contributed by atoms with Crippen molar-refractivity contribution < 1.29 is 29.3 Å². The molecule has 6 aromatic heterocycles. The van der Waals surface area contributed by atoms with Gasteiger partial charge in [0.1, 0.15) is 23.2 Å². The zero-order valence-electron chi connectivity index (χ0n) is 64.5. The first-order valence-electron chi connectivity index (χ1n) is 39.4. The normalized spacial score (nSPS) is 16.5. The highest BCUT2D eigenvalue weighted by atomic mass is 79.9. The summed E-state index contributed by atoms with van der Waals surface area (Å²) in [5.41, 5.74) is 16.0. The molecule has 12 aromatic rings. The molecule has 5 aliphatic rings. The summed E-state index contributed by atoms with van der Waals surface area (Å²) in [5, 5.41) is 33.8. The number of nitrogens with zero attached hydrogens (tertiary/aromatic N) is 12. The van der Waals surface area contributed by atoms with E-state index >= 15 is 0 Å². The number of methoxy groups -OCH3 is 1. The SMILES string of the molecule is COc1ccc(-c2ccc3c(N4CCOC[C@@H]4C)nc(N4CCCC[C@@H]4C)nc3n2)cc1CO.Cc1cccc(Nc2nc3cc(C(=O)O)ccc3c3cnccc23)c1.Clc1ccc(C2(c3ccc(-c4cn[nH]c4)cc3)CCCCC2)cc1.O=C(Cc1cccc(Cc2ncc(Br)c(CCCC3=CN=CC3)n2)c1)N1CCCC1. The molecule has 10 heterocycles. The van der Waals surface area contributed by atoms with Gasteiger partial charge in [0.05, 0.1) is 77.9 Å². The zero-order chi connectivity index (χ0) is 78.2. The predicted octanol–water partition coefficient (Wildman–Crippen LogP) is 19.0. The predicted molar refractivity (Wildman–Crippen MR) is 454 cm³/mol. The third-order valence-electron chi connectivity index (χ3n) is 22.1. The van der Waals surface area contributed by atoms with Gasteiger partial charge in [-0.1, -0.05) is 110 Å². The summed E-state index contributed by atoms with van der Waals surface area (Å²) in [4.78, 5) is 67.7. The number of morpholine rings is 1. The van der Waals surface area contributed by atoms with Crippen molar-refractivity contribution >= 4 is 102 Å². The smallest absolute Gasteiger partial charge is 0.335 e. The first-order valence-corrected chi connectivity index (χ1v) is 40.6. The summed E-state index contributed by atoms with van der Waals surface area (Å²) < 4.78 is 12.0. The number of H-pyrrole nitrogens is 1. The van der Waals surface area contributed by atoms with Crippen molar-refractivity contribution in [3.8, 4) is 28.1 Å². The third kappa shape index (κ3) is 19.3. The van der Waals surface area contributed by atoms with Gasteiger partial charge in [-0.05, 0) is 213 Å². The van der Waals surface area contributed by atoms with Crippen molar-refractivity contribution in [2.45, 2.75) is 148 Å². The lowest BCUT2D eigenvalue weighted by atomic mass is 9.65. The molecule has 20 nitrogen and oxygen atoms in total. The van der Waals surface area contributed by atoms with Crippen LogP contribution in [-0.2, 0) is 40.8 Å². The van der Waals surface area contributed by atoms with Crippen molar-refractivity contribution in [2.75, 3.05) is 61.6 Å². The van der Waals surface area contributed by atoms with Crippen LogP contribution in [0.5, 0.6) is 5.75 Å². The molecule has 4 N–H and O–H groups in total. The van der Waals surface area contributed by atoms with E-state index in [1.54, 1.807) is 37.7 Å². The Balaban J connectivity index is 0.000000126. The molecule has 1 amide bonds. The molecular formula is C91H96BrClN14O6. The number of nitrogens with one attached hydrogen (secondary N) is 2. The van der Waals surface area contributed by atoms with E-state index in [2.05, 4.69) is 130 Å². The number of likely N-dealkylation sites (tertiary alicyclic amines) is 1. The first-order chi connectivity index (χ1) is 55.1. The Morgan fingerprint density at radius 1 is 0.717 bits per heavy atom. The summed E-state index contributed by atoms with van der Waals surface area (Å²) in [6.45, 7) is 11.3. The number of aliphatic hydroxyl groups is 1. The van der Waals surface area contributed by atoms with E-state index in [4.69, 9.17) is 41.0 Å². The van der Waals surface area contributed by atoms with Gasteiger partial charge in [-0.15, -0.1) is 0 Å². The van der Waals surface area contributed by atoms with Crippen LogP contribution in [-0.4, -0.2) is 137 Å². The molecule has 2 atom stereocenters. The van der Waals surface area contributed by atoms with E-state index in [0.717, 1.165) is 177 Å². The van der Waals surface area contributed by atoms with Gasteiger partial charge in [0, 0.05) is 131 Å². The summed E-state index contributed by atoms with van der Waals surface area (Å²) in [6, 6.07) is 51.1. The van der Waals surface area contributed by atoms with E-state index in [-0.39, 0.29) is 29.5 Å². The van der Waals surface area contributed by atoms with E-state index < -0.39 is 5.97 Å². The lowest BCUT2D eigenvalue weighted by Gasteiger charge is -2.38. The van der Waals surface area contributed by atoms with Gasteiger partial charge >= 0.3 is 5.97 Å². The molecule has 0 bridgehead atoms. The van der Waals surface area contributed by atoms with Crippen LogP contribution < -0.4 is 19.9 Å². The van der Waals surface area contributed by atoms with Crippen LogP contribution in [0.3, 0.4) is 0 Å². The van der Waals surface area contributed by atoms with E-state index in [1.165, 1.54) is 60.8 Å². The van der Waals surface area contributed by atoms with Crippen molar-refractivity contribution in [3.05, 3.63) is 254 Å². The lowest BCUT2D eigenvalue weighted by Crippen LogP contribution is -2.45. The van der Waals surface area contributed by atoms with Crippen LogP contribution in [0.15, 0.2) is 204 Å². The number of aromatic nitrogens is 9. The summed E-state index contributed by atoms with van der Waals surface area (Å²) in [7, 11) is 1.61. The molecule has 4 aliphatic heterocycles. The fourth-order valence-corrected chi connectivity index (χ4v) is 16.5. The van der Waals surface area contributed by atoms with Crippen LogP contribution >= 0.6 is 27.5 Å². The van der Waals surface area contributed by atoms with Crippen molar-refractivity contribution in [2.24, 2.45) is 4.99 Å². The lowest BCUT2D eigenvalue weighted by molar-refractivity contribution is -0.129. The minimum atomic E-state index is -0.969. The Kier molecular flexibility index (Phi) is 26.0. The number of carboxylic acids is 1. The highest BCUT2D eigenvalue weighted by Gasteiger charge is 2.36. The number of rotatable bonds is 19. The fourth-order valence-electron chi connectivity index (χ4n) is 16.0. The van der Waals surface area contributed by atoms with E-state index in [9.17, 15) is 19.8 Å². The Hall–Kier alpha value is -10.8. The summed E-state index contributed by atoms with van der Waals surface area (Å²) in [6.07, 6.45) is 30.4. The molecule has 22 heteroatoms. The second kappa shape index (κ2) is 37.2. The molecule has 0 spiro atoms. The average Bonchev–Trinajstić information content (AvgIpc) is 1.08. The molecule has 6 aromatic carbocycles. The number of aliphatic imine (C=N–C) groups is 1.